The molecule has 2 heterocycles. The second-order valence-electron chi connectivity index (χ2n) is 9.07. The minimum Gasteiger partial charge on any atom is -0.507 e. The van der Waals surface area contributed by atoms with Crippen molar-refractivity contribution in [2.45, 2.75) is 32.0 Å². The van der Waals surface area contributed by atoms with Gasteiger partial charge in [0.05, 0.1) is 23.5 Å². The van der Waals surface area contributed by atoms with Crippen LogP contribution < -0.4 is 10.4 Å². The molecule has 3 aromatic carbocycles. The summed E-state index contributed by atoms with van der Waals surface area (Å²) in [7, 11) is 0. The zero-order valence-corrected chi connectivity index (χ0v) is 21.2. The van der Waals surface area contributed by atoms with Crippen molar-refractivity contribution in [3.63, 3.8) is 0 Å². The SMILES string of the molecule is CCOC(=O)CCc1c(C(c2ccc(OC(F)(F)F)cc2)c2c(O)c3ccccc3oc2=O)[nH]c2ccccc12. The second-order valence-corrected chi connectivity index (χ2v) is 9.07. The molecule has 1 atom stereocenters. The van der Waals surface area contributed by atoms with Crippen LogP contribution in [0.4, 0.5) is 13.2 Å². The van der Waals surface area contributed by atoms with E-state index in [1.165, 1.54) is 12.1 Å². The first-order chi connectivity index (χ1) is 19.2. The molecule has 1 unspecified atom stereocenters. The number of halogens is 3. The van der Waals surface area contributed by atoms with Crippen molar-refractivity contribution in [3.05, 3.63) is 106 Å². The maximum absolute atomic E-state index is 13.4. The van der Waals surface area contributed by atoms with Crippen molar-refractivity contribution in [3.8, 4) is 11.5 Å². The van der Waals surface area contributed by atoms with Gasteiger partial charge in [-0.15, -0.1) is 13.2 Å². The molecule has 7 nitrogen and oxygen atoms in total. The zero-order valence-electron chi connectivity index (χ0n) is 21.2. The minimum atomic E-state index is -4.88. The van der Waals surface area contributed by atoms with Crippen LogP contribution in [0.1, 0.15) is 41.6 Å². The maximum atomic E-state index is 13.4. The number of hydrogen-bond acceptors (Lipinski definition) is 6. The number of fused-ring (bicyclic) bond motifs is 2. The average molecular weight is 552 g/mol. The Morgan fingerprint density at radius 3 is 2.38 bits per heavy atom. The number of alkyl halides is 3. The Kier molecular flexibility index (Phi) is 7.25. The Bertz CT molecular complexity index is 1740. The lowest BCUT2D eigenvalue weighted by molar-refractivity contribution is -0.274. The van der Waals surface area contributed by atoms with Crippen LogP contribution in [-0.4, -0.2) is 29.0 Å². The van der Waals surface area contributed by atoms with E-state index in [1.807, 2.05) is 24.3 Å². The molecular formula is C30H24F3NO6. The molecule has 0 saturated carbocycles. The summed E-state index contributed by atoms with van der Waals surface area (Å²) in [5, 5.41) is 12.4. The van der Waals surface area contributed by atoms with Gasteiger partial charge < -0.3 is 24.0 Å². The topological polar surface area (TPSA) is 102 Å². The normalized spacial score (nSPS) is 12.5. The zero-order chi connectivity index (χ0) is 28.4. The number of esters is 1. The van der Waals surface area contributed by atoms with Crippen LogP contribution in [0.5, 0.6) is 11.5 Å². The Labute approximate surface area is 225 Å². The molecule has 0 spiro atoms. The molecule has 0 aliphatic carbocycles. The Balaban J connectivity index is 1.74. The molecular weight excluding hydrogens is 527 g/mol. The number of para-hydroxylation sites is 2. The Hall–Kier alpha value is -4.73. The molecule has 0 amide bonds. The number of aromatic amines is 1. The fourth-order valence-corrected chi connectivity index (χ4v) is 4.94. The number of carbonyl (C=O) groups is 1. The number of aryl methyl sites for hydroxylation is 1. The first-order valence-electron chi connectivity index (χ1n) is 12.5. The molecule has 10 heteroatoms. The van der Waals surface area contributed by atoms with Gasteiger partial charge in [-0.05, 0) is 54.8 Å². The number of ether oxygens (including phenoxy) is 2. The smallest absolute Gasteiger partial charge is 0.507 e. The molecule has 0 fully saturated rings. The highest BCUT2D eigenvalue weighted by Gasteiger charge is 2.33. The Morgan fingerprint density at radius 1 is 1.00 bits per heavy atom. The number of aromatic hydroxyl groups is 1. The van der Waals surface area contributed by atoms with E-state index in [2.05, 4.69) is 9.72 Å². The summed E-state index contributed by atoms with van der Waals surface area (Å²) >= 11 is 0. The second kappa shape index (κ2) is 10.8. The van der Waals surface area contributed by atoms with Crippen LogP contribution in [-0.2, 0) is 16.0 Å². The number of carbonyl (C=O) groups excluding carboxylic acids is 1. The fourth-order valence-electron chi connectivity index (χ4n) is 4.94. The van der Waals surface area contributed by atoms with E-state index in [0.717, 1.165) is 17.5 Å². The molecule has 0 bridgehead atoms. The number of hydrogen-bond donors (Lipinski definition) is 2. The van der Waals surface area contributed by atoms with Gasteiger partial charge >= 0.3 is 18.0 Å². The van der Waals surface area contributed by atoms with E-state index in [9.17, 15) is 27.9 Å². The largest absolute Gasteiger partial charge is 0.573 e. The van der Waals surface area contributed by atoms with Crippen LogP contribution in [0.15, 0.2) is 82.0 Å². The average Bonchev–Trinajstić information content (AvgIpc) is 3.28. The van der Waals surface area contributed by atoms with E-state index in [0.29, 0.717) is 27.7 Å². The van der Waals surface area contributed by atoms with Crippen LogP contribution in [0.25, 0.3) is 21.9 Å². The summed E-state index contributed by atoms with van der Waals surface area (Å²) in [4.78, 5) is 29.0. The molecule has 0 aliphatic heterocycles. The van der Waals surface area contributed by atoms with Gasteiger partial charge in [0.2, 0.25) is 0 Å². The van der Waals surface area contributed by atoms with Crippen molar-refractivity contribution in [2.24, 2.45) is 0 Å². The first-order valence-corrected chi connectivity index (χ1v) is 12.5. The Morgan fingerprint density at radius 2 is 1.68 bits per heavy atom. The molecule has 0 radical (unpaired) electrons. The lowest BCUT2D eigenvalue weighted by atomic mass is 9.85. The maximum Gasteiger partial charge on any atom is 0.573 e. The van der Waals surface area contributed by atoms with Crippen LogP contribution in [0.3, 0.4) is 0 Å². The number of H-pyrrole nitrogens is 1. The van der Waals surface area contributed by atoms with E-state index >= 15 is 0 Å². The van der Waals surface area contributed by atoms with Gasteiger partial charge in [0.1, 0.15) is 17.1 Å². The van der Waals surface area contributed by atoms with E-state index in [-0.39, 0.29) is 36.3 Å². The van der Waals surface area contributed by atoms with Gasteiger partial charge in [0.15, 0.2) is 0 Å². The summed E-state index contributed by atoms with van der Waals surface area (Å²) in [6.07, 6.45) is -4.59. The van der Waals surface area contributed by atoms with Crippen molar-refractivity contribution >= 4 is 27.8 Å². The lowest BCUT2D eigenvalue weighted by Crippen LogP contribution is -2.18. The lowest BCUT2D eigenvalue weighted by Gasteiger charge is -2.20. The summed E-state index contributed by atoms with van der Waals surface area (Å²) in [5.74, 6) is -2.16. The van der Waals surface area contributed by atoms with Crippen LogP contribution in [0, 0.1) is 0 Å². The summed E-state index contributed by atoms with van der Waals surface area (Å²) in [6.45, 7) is 1.93. The van der Waals surface area contributed by atoms with Crippen molar-refractivity contribution in [2.75, 3.05) is 6.61 Å². The standard InChI is InChI=1S/C30H24F3NO6/c1-2-38-24(35)16-15-20-19-7-3-5-9-22(19)34-27(20)25(17-11-13-18(14-12-17)40-30(31,32)33)26-28(36)21-8-4-6-10-23(21)39-29(26)37/h3-14,25,34,36H,2,15-16H2,1H3. The van der Waals surface area contributed by atoms with Gasteiger partial charge in [0, 0.05) is 23.0 Å². The van der Waals surface area contributed by atoms with Gasteiger partial charge in [-0.25, -0.2) is 4.79 Å². The van der Waals surface area contributed by atoms with Gasteiger partial charge in [-0.2, -0.15) is 0 Å². The molecule has 0 aliphatic rings. The van der Waals surface area contributed by atoms with Crippen LogP contribution >= 0.6 is 0 Å². The van der Waals surface area contributed by atoms with Gasteiger partial charge in [-0.1, -0.05) is 42.5 Å². The molecule has 206 valence electrons. The highest BCUT2D eigenvalue weighted by molar-refractivity contribution is 5.87. The van der Waals surface area contributed by atoms with E-state index in [1.54, 1.807) is 31.2 Å². The fraction of sp³-hybridized carbons (Fsp3) is 0.200. The third kappa shape index (κ3) is 5.38. The molecule has 5 aromatic rings. The van der Waals surface area contributed by atoms with Gasteiger partial charge in [-0.3, -0.25) is 4.79 Å². The molecule has 40 heavy (non-hydrogen) atoms. The summed E-state index contributed by atoms with van der Waals surface area (Å²) in [5.41, 5.74) is 1.53. The number of rotatable bonds is 8. The quantitative estimate of drug-likeness (QED) is 0.167. The van der Waals surface area contributed by atoms with Crippen LogP contribution in [0.2, 0.25) is 0 Å². The van der Waals surface area contributed by atoms with E-state index in [4.69, 9.17) is 9.15 Å². The summed E-state index contributed by atoms with van der Waals surface area (Å²) < 4.78 is 53.1. The minimum absolute atomic E-state index is 0.0477. The number of benzene rings is 3. The number of aromatic nitrogens is 1. The monoisotopic (exact) mass is 551 g/mol. The molecule has 0 saturated heterocycles. The third-order valence-corrected chi connectivity index (χ3v) is 6.58. The van der Waals surface area contributed by atoms with Crippen molar-refractivity contribution < 1.29 is 37.0 Å². The number of nitrogens with one attached hydrogen (secondary N) is 1. The molecule has 2 N–H and O–H groups in total. The molecule has 5 rings (SSSR count). The van der Waals surface area contributed by atoms with E-state index < -0.39 is 29.6 Å². The third-order valence-electron chi connectivity index (χ3n) is 6.58. The summed E-state index contributed by atoms with van der Waals surface area (Å²) in [6, 6.07) is 18.9. The molecule has 2 aromatic heterocycles. The predicted molar refractivity (Wildman–Crippen MR) is 141 cm³/mol. The first kappa shape index (κ1) is 26.9. The van der Waals surface area contributed by atoms with Crippen molar-refractivity contribution in [1.82, 2.24) is 4.98 Å². The highest BCUT2D eigenvalue weighted by atomic mass is 19.4. The predicted octanol–water partition coefficient (Wildman–Crippen LogP) is 6.55. The van der Waals surface area contributed by atoms with Gasteiger partial charge in [0.25, 0.3) is 0 Å². The van der Waals surface area contributed by atoms with Crippen molar-refractivity contribution in [1.29, 1.82) is 0 Å². The highest BCUT2D eigenvalue weighted by Crippen LogP contribution is 2.41.